The van der Waals surface area contributed by atoms with Crippen LogP contribution in [0.2, 0.25) is 0 Å². The van der Waals surface area contributed by atoms with Gasteiger partial charge in [0, 0.05) is 24.7 Å². The number of benzene rings is 2. The van der Waals surface area contributed by atoms with Crippen LogP contribution in [-0.2, 0) is 4.74 Å². The Balaban J connectivity index is 1.54. The maximum Gasteiger partial charge on any atom is 0.294 e. The Bertz CT molecular complexity index is 997. The number of morpholine rings is 1. The van der Waals surface area contributed by atoms with Gasteiger partial charge in [-0.25, -0.2) is 4.39 Å². The van der Waals surface area contributed by atoms with Crippen molar-refractivity contribution in [3.63, 3.8) is 0 Å². The van der Waals surface area contributed by atoms with Gasteiger partial charge >= 0.3 is 0 Å². The van der Waals surface area contributed by atoms with E-state index in [2.05, 4.69) is 10.5 Å². The van der Waals surface area contributed by atoms with Crippen LogP contribution in [-0.4, -0.2) is 44.5 Å². The molecule has 150 valence electrons. The lowest BCUT2D eigenvalue weighted by molar-refractivity contribution is 0.0988. The average molecular weight is 397 g/mol. The number of halogens is 1. The Morgan fingerprint density at radius 3 is 2.62 bits per heavy atom. The van der Waals surface area contributed by atoms with Gasteiger partial charge in [0.25, 0.3) is 5.91 Å². The van der Waals surface area contributed by atoms with E-state index in [1.807, 2.05) is 17.0 Å². The number of carbonyl (C=O) groups is 1. The molecule has 1 amide bonds. The molecular weight excluding hydrogens is 377 g/mol. The molecule has 0 radical (unpaired) electrons. The summed E-state index contributed by atoms with van der Waals surface area (Å²) in [5.74, 6) is -0.184. The smallest absolute Gasteiger partial charge is 0.294 e. The van der Waals surface area contributed by atoms with Gasteiger partial charge in [0.15, 0.2) is 0 Å². The van der Waals surface area contributed by atoms with E-state index in [0.717, 1.165) is 17.0 Å². The van der Waals surface area contributed by atoms with Gasteiger partial charge in [-0.15, -0.1) is 0 Å². The standard InChI is InChI=1S/C21H20FN3O4/c1-27-16-5-2-14(3-6-16)17-13-20(29-24-17)21(26)23-18-12-15(22)4-7-19(18)25-8-10-28-11-9-25/h2-7,12-13H,8-11H2,1H3,(H,23,26). The molecule has 1 saturated heterocycles. The van der Waals surface area contributed by atoms with Crippen LogP contribution in [0.4, 0.5) is 15.8 Å². The summed E-state index contributed by atoms with van der Waals surface area (Å²) in [4.78, 5) is 14.7. The first kappa shape index (κ1) is 18.9. The largest absolute Gasteiger partial charge is 0.497 e. The number of anilines is 2. The molecule has 1 aliphatic heterocycles. The number of hydrogen-bond donors (Lipinski definition) is 1. The van der Waals surface area contributed by atoms with Crippen molar-refractivity contribution < 1.29 is 23.2 Å². The van der Waals surface area contributed by atoms with Crippen molar-refractivity contribution in [2.24, 2.45) is 0 Å². The molecule has 1 N–H and O–H groups in total. The molecule has 0 aliphatic carbocycles. The average Bonchev–Trinajstić information content (AvgIpc) is 3.25. The Hall–Kier alpha value is -3.39. The van der Waals surface area contributed by atoms with E-state index in [1.54, 1.807) is 31.4 Å². The number of hydrogen-bond acceptors (Lipinski definition) is 6. The third-order valence-corrected chi connectivity index (χ3v) is 4.68. The summed E-state index contributed by atoms with van der Waals surface area (Å²) in [5.41, 5.74) is 2.41. The minimum absolute atomic E-state index is 0.0352. The van der Waals surface area contributed by atoms with Crippen LogP contribution in [0.3, 0.4) is 0 Å². The second kappa shape index (κ2) is 8.32. The fourth-order valence-electron chi connectivity index (χ4n) is 3.15. The first-order chi connectivity index (χ1) is 14.1. The number of amides is 1. The summed E-state index contributed by atoms with van der Waals surface area (Å²) in [6.45, 7) is 2.49. The normalized spacial score (nSPS) is 13.9. The number of nitrogens with zero attached hydrogens (tertiary/aromatic N) is 2. The molecule has 1 aliphatic rings. The lowest BCUT2D eigenvalue weighted by Gasteiger charge is -2.30. The van der Waals surface area contributed by atoms with E-state index in [1.165, 1.54) is 12.1 Å². The zero-order valence-electron chi connectivity index (χ0n) is 15.9. The second-order valence-electron chi connectivity index (χ2n) is 6.52. The maximum absolute atomic E-state index is 13.8. The third-order valence-electron chi connectivity index (χ3n) is 4.68. The van der Waals surface area contributed by atoms with E-state index < -0.39 is 11.7 Å². The van der Waals surface area contributed by atoms with E-state index in [-0.39, 0.29) is 5.76 Å². The van der Waals surface area contributed by atoms with Crippen LogP contribution in [0.1, 0.15) is 10.6 Å². The second-order valence-corrected chi connectivity index (χ2v) is 6.52. The molecule has 0 atom stereocenters. The van der Waals surface area contributed by atoms with E-state index in [0.29, 0.717) is 37.7 Å². The molecule has 2 heterocycles. The van der Waals surface area contributed by atoms with Crippen LogP contribution in [0.25, 0.3) is 11.3 Å². The molecule has 29 heavy (non-hydrogen) atoms. The van der Waals surface area contributed by atoms with Gasteiger partial charge in [-0.3, -0.25) is 4.79 Å². The number of methoxy groups -OCH3 is 1. The molecule has 2 aromatic carbocycles. The summed E-state index contributed by atoms with van der Waals surface area (Å²) in [5, 5.41) is 6.69. The molecule has 3 aromatic rings. The van der Waals surface area contributed by atoms with Crippen molar-refractivity contribution in [3.8, 4) is 17.0 Å². The zero-order chi connectivity index (χ0) is 20.2. The zero-order valence-corrected chi connectivity index (χ0v) is 15.9. The van der Waals surface area contributed by atoms with Gasteiger partial charge in [0.1, 0.15) is 17.3 Å². The van der Waals surface area contributed by atoms with Gasteiger partial charge in [0.05, 0.1) is 31.7 Å². The molecule has 7 nitrogen and oxygen atoms in total. The molecule has 1 fully saturated rings. The van der Waals surface area contributed by atoms with E-state index in [9.17, 15) is 9.18 Å². The number of nitrogens with one attached hydrogen (secondary N) is 1. The Morgan fingerprint density at radius 1 is 1.14 bits per heavy atom. The highest BCUT2D eigenvalue weighted by molar-refractivity contribution is 6.04. The lowest BCUT2D eigenvalue weighted by Crippen LogP contribution is -2.36. The fourth-order valence-corrected chi connectivity index (χ4v) is 3.15. The number of ether oxygens (including phenoxy) is 2. The van der Waals surface area contributed by atoms with Crippen molar-refractivity contribution in [2.45, 2.75) is 0 Å². The number of aromatic nitrogens is 1. The van der Waals surface area contributed by atoms with Gasteiger partial charge in [0.2, 0.25) is 5.76 Å². The van der Waals surface area contributed by atoms with E-state index in [4.69, 9.17) is 14.0 Å². The van der Waals surface area contributed by atoms with Crippen LogP contribution < -0.4 is 15.0 Å². The summed E-state index contributed by atoms with van der Waals surface area (Å²) >= 11 is 0. The summed E-state index contributed by atoms with van der Waals surface area (Å²) in [6, 6.07) is 13.1. The predicted octanol–water partition coefficient (Wildman–Crippen LogP) is 3.58. The topological polar surface area (TPSA) is 76.8 Å². The van der Waals surface area contributed by atoms with Crippen molar-refractivity contribution in [1.82, 2.24) is 5.16 Å². The van der Waals surface area contributed by atoms with Crippen molar-refractivity contribution in [3.05, 3.63) is 60.1 Å². The lowest BCUT2D eigenvalue weighted by atomic mass is 10.1. The minimum Gasteiger partial charge on any atom is -0.497 e. The third kappa shape index (κ3) is 4.22. The highest BCUT2D eigenvalue weighted by Crippen LogP contribution is 2.29. The first-order valence-electron chi connectivity index (χ1n) is 9.19. The molecule has 0 spiro atoms. The molecule has 0 bridgehead atoms. The molecule has 1 aromatic heterocycles. The maximum atomic E-state index is 13.8. The van der Waals surface area contributed by atoms with Crippen molar-refractivity contribution in [2.75, 3.05) is 43.6 Å². The molecule has 8 heteroatoms. The molecule has 0 saturated carbocycles. The first-order valence-corrected chi connectivity index (χ1v) is 9.19. The van der Waals surface area contributed by atoms with Crippen molar-refractivity contribution >= 4 is 17.3 Å². The SMILES string of the molecule is COc1ccc(-c2cc(C(=O)Nc3cc(F)ccc3N3CCOCC3)on2)cc1. The molecule has 0 unspecified atom stereocenters. The number of rotatable bonds is 5. The van der Waals surface area contributed by atoms with Crippen LogP contribution in [0.15, 0.2) is 53.1 Å². The van der Waals surface area contributed by atoms with Crippen LogP contribution >= 0.6 is 0 Å². The highest BCUT2D eigenvalue weighted by Gasteiger charge is 2.20. The summed E-state index contributed by atoms with van der Waals surface area (Å²) < 4.78 is 29.5. The summed E-state index contributed by atoms with van der Waals surface area (Å²) in [6.07, 6.45) is 0. The Morgan fingerprint density at radius 2 is 1.90 bits per heavy atom. The van der Waals surface area contributed by atoms with Crippen molar-refractivity contribution in [1.29, 1.82) is 0 Å². The number of carbonyl (C=O) groups excluding carboxylic acids is 1. The van der Waals surface area contributed by atoms with Crippen LogP contribution in [0.5, 0.6) is 5.75 Å². The summed E-state index contributed by atoms with van der Waals surface area (Å²) in [7, 11) is 1.59. The van der Waals surface area contributed by atoms with Gasteiger partial charge < -0.3 is 24.2 Å². The minimum atomic E-state index is -0.502. The fraction of sp³-hybridized carbons (Fsp3) is 0.238. The van der Waals surface area contributed by atoms with Gasteiger partial charge in [-0.2, -0.15) is 0 Å². The predicted molar refractivity (Wildman–Crippen MR) is 106 cm³/mol. The van der Waals surface area contributed by atoms with Gasteiger partial charge in [-0.1, -0.05) is 5.16 Å². The van der Waals surface area contributed by atoms with Crippen LogP contribution in [0, 0.1) is 5.82 Å². The van der Waals surface area contributed by atoms with E-state index >= 15 is 0 Å². The monoisotopic (exact) mass is 397 g/mol. The van der Waals surface area contributed by atoms with Gasteiger partial charge in [-0.05, 0) is 42.5 Å². The quantitative estimate of drug-likeness (QED) is 0.709. The molecular formula is C21H20FN3O4. The molecule has 4 rings (SSSR count). The highest BCUT2D eigenvalue weighted by atomic mass is 19.1. The Labute approximate surface area is 167 Å². The Kier molecular flexibility index (Phi) is 5.44.